The number of thiophene rings is 1. The molecule has 0 aliphatic carbocycles. The summed E-state index contributed by atoms with van der Waals surface area (Å²) in [6.07, 6.45) is 2.59. The number of aromatic nitrogens is 1. The number of carbonyl (C=O) groups is 1. The molecule has 4 aromatic rings. The van der Waals surface area contributed by atoms with E-state index in [-0.39, 0.29) is 18.0 Å². The van der Waals surface area contributed by atoms with Gasteiger partial charge in [0, 0.05) is 28.5 Å². The minimum Gasteiger partial charge on any atom is -0.361 e. The van der Waals surface area contributed by atoms with Gasteiger partial charge in [-0.25, -0.2) is 0 Å². The monoisotopic (exact) mass is 437 g/mol. The molecular weight excluding hydrogens is 414 g/mol. The molecule has 0 bridgehead atoms. The molecule has 2 unspecified atom stereocenters. The van der Waals surface area contributed by atoms with E-state index in [1.807, 2.05) is 73.8 Å². The summed E-state index contributed by atoms with van der Waals surface area (Å²) in [5, 5.41) is 7.74. The molecule has 0 saturated heterocycles. The van der Waals surface area contributed by atoms with Crippen molar-refractivity contribution in [3.05, 3.63) is 93.3 Å². The minimum absolute atomic E-state index is 0.0145. The molecule has 1 amide bonds. The molecule has 6 heteroatoms. The summed E-state index contributed by atoms with van der Waals surface area (Å²) in [4.78, 5) is 17.6. The van der Waals surface area contributed by atoms with Crippen molar-refractivity contribution < 1.29 is 4.79 Å². The number of hydrogen-bond donors (Lipinski definition) is 3. The van der Waals surface area contributed by atoms with Gasteiger partial charge in [-0.15, -0.1) is 11.3 Å². The van der Waals surface area contributed by atoms with Gasteiger partial charge in [0.1, 0.15) is 0 Å². The maximum Gasteiger partial charge on any atom is 0.237 e. The van der Waals surface area contributed by atoms with E-state index >= 15 is 0 Å². The summed E-state index contributed by atoms with van der Waals surface area (Å²) in [6, 6.07) is 21.6. The van der Waals surface area contributed by atoms with Crippen LogP contribution in [-0.2, 0) is 17.8 Å². The molecule has 2 aromatic heterocycles. The standard InChI is InChI=1S/C24H24ClN3OS/c1-16(17-7-3-2-4-8-17)28-24(29)22(27-15-19-11-12-23(25)30-19)13-18-14-26-21-10-6-5-9-20(18)21/h2-12,14,16,22,26-27H,13,15H2,1H3,(H,28,29). The Labute approximate surface area is 185 Å². The SMILES string of the molecule is CC(NC(=O)C(Cc1c[nH]c2ccccc12)NCc1ccc(Cl)s1)c1ccccc1. The number of amides is 1. The highest BCUT2D eigenvalue weighted by molar-refractivity contribution is 7.16. The Morgan fingerprint density at radius 1 is 1.07 bits per heavy atom. The molecule has 0 aliphatic heterocycles. The fourth-order valence-corrected chi connectivity index (χ4v) is 4.63. The molecule has 0 spiro atoms. The second kappa shape index (κ2) is 9.47. The third-order valence-electron chi connectivity index (χ3n) is 5.23. The normalized spacial score (nSPS) is 13.3. The van der Waals surface area contributed by atoms with Gasteiger partial charge in [-0.3, -0.25) is 4.79 Å². The molecule has 2 aromatic carbocycles. The Morgan fingerprint density at radius 2 is 1.83 bits per heavy atom. The summed E-state index contributed by atoms with van der Waals surface area (Å²) in [7, 11) is 0. The summed E-state index contributed by atoms with van der Waals surface area (Å²) >= 11 is 7.59. The van der Waals surface area contributed by atoms with E-state index in [2.05, 4.69) is 21.7 Å². The summed E-state index contributed by atoms with van der Waals surface area (Å²) < 4.78 is 0.752. The number of H-pyrrole nitrogens is 1. The number of nitrogens with one attached hydrogen (secondary N) is 3. The fourth-order valence-electron chi connectivity index (χ4n) is 3.59. The molecule has 0 saturated carbocycles. The maximum atomic E-state index is 13.2. The quantitative estimate of drug-likeness (QED) is 0.342. The van der Waals surface area contributed by atoms with Crippen LogP contribution in [0.15, 0.2) is 72.9 Å². The minimum atomic E-state index is -0.365. The fraction of sp³-hybridized carbons (Fsp3) is 0.208. The van der Waals surface area contributed by atoms with Crippen molar-refractivity contribution in [1.29, 1.82) is 0 Å². The third-order valence-corrected chi connectivity index (χ3v) is 6.46. The predicted molar refractivity (Wildman–Crippen MR) is 125 cm³/mol. The lowest BCUT2D eigenvalue weighted by Crippen LogP contribution is -2.46. The molecule has 154 valence electrons. The van der Waals surface area contributed by atoms with E-state index in [9.17, 15) is 4.79 Å². The predicted octanol–water partition coefficient (Wildman–Crippen LogP) is 5.46. The highest BCUT2D eigenvalue weighted by Gasteiger charge is 2.22. The number of para-hydroxylation sites is 1. The largest absolute Gasteiger partial charge is 0.361 e. The van der Waals surface area contributed by atoms with E-state index in [0.717, 1.165) is 31.2 Å². The van der Waals surface area contributed by atoms with Crippen LogP contribution in [0.25, 0.3) is 10.9 Å². The zero-order valence-corrected chi connectivity index (χ0v) is 18.3. The molecule has 2 heterocycles. The van der Waals surface area contributed by atoms with Crippen LogP contribution in [0.4, 0.5) is 0 Å². The van der Waals surface area contributed by atoms with E-state index in [0.29, 0.717) is 13.0 Å². The van der Waals surface area contributed by atoms with Crippen molar-refractivity contribution in [3.8, 4) is 0 Å². The second-order valence-corrected chi connectivity index (χ2v) is 9.14. The smallest absolute Gasteiger partial charge is 0.237 e. The molecule has 4 nitrogen and oxygen atoms in total. The molecular formula is C24H24ClN3OS. The van der Waals surface area contributed by atoms with Gasteiger partial charge >= 0.3 is 0 Å². The first-order chi connectivity index (χ1) is 14.6. The van der Waals surface area contributed by atoms with Gasteiger partial charge in [-0.1, -0.05) is 60.1 Å². The molecule has 0 fully saturated rings. The zero-order chi connectivity index (χ0) is 20.9. The van der Waals surface area contributed by atoms with Crippen LogP contribution in [0.3, 0.4) is 0 Å². The molecule has 30 heavy (non-hydrogen) atoms. The summed E-state index contributed by atoms with van der Waals surface area (Å²) in [5.74, 6) is -0.0145. The number of benzene rings is 2. The Hall–Kier alpha value is -2.60. The maximum absolute atomic E-state index is 13.2. The lowest BCUT2D eigenvalue weighted by atomic mass is 10.0. The number of rotatable bonds is 8. The van der Waals surface area contributed by atoms with E-state index in [4.69, 9.17) is 11.6 Å². The highest BCUT2D eigenvalue weighted by Crippen LogP contribution is 2.23. The average Bonchev–Trinajstić information content (AvgIpc) is 3.37. The van der Waals surface area contributed by atoms with E-state index in [1.165, 1.54) is 11.3 Å². The van der Waals surface area contributed by atoms with Gasteiger partial charge in [-0.2, -0.15) is 0 Å². The lowest BCUT2D eigenvalue weighted by Gasteiger charge is -2.21. The first-order valence-electron chi connectivity index (χ1n) is 9.98. The lowest BCUT2D eigenvalue weighted by molar-refractivity contribution is -0.123. The number of aromatic amines is 1. The Bertz CT molecular complexity index is 1120. The first kappa shape index (κ1) is 20.7. The van der Waals surface area contributed by atoms with Gasteiger partial charge < -0.3 is 15.6 Å². The van der Waals surface area contributed by atoms with Crippen LogP contribution >= 0.6 is 22.9 Å². The third kappa shape index (κ3) is 4.93. The number of halogens is 1. The Kier molecular flexibility index (Phi) is 6.53. The number of hydrogen-bond acceptors (Lipinski definition) is 3. The number of fused-ring (bicyclic) bond motifs is 1. The van der Waals surface area contributed by atoms with E-state index in [1.54, 1.807) is 0 Å². The van der Waals surface area contributed by atoms with Crippen LogP contribution in [-0.4, -0.2) is 16.9 Å². The summed E-state index contributed by atoms with van der Waals surface area (Å²) in [6.45, 7) is 2.60. The van der Waals surface area contributed by atoms with Gasteiger partial charge in [0.25, 0.3) is 0 Å². The molecule has 0 aliphatic rings. The average molecular weight is 438 g/mol. The van der Waals surface area contributed by atoms with Gasteiger partial charge in [0.2, 0.25) is 5.91 Å². The second-order valence-electron chi connectivity index (χ2n) is 7.34. The molecule has 2 atom stereocenters. The van der Waals surface area contributed by atoms with Crippen LogP contribution in [0.5, 0.6) is 0 Å². The van der Waals surface area contributed by atoms with Crippen LogP contribution < -0.4 is 10.6 Å². The zero-order valence-electron chi connectivity index (χ0n) is 16.7. The van der Waals surface area contributed by atoms with Crippen molar-refractivity contribution in [2.24, 2.45) is 0 Å². The van der Waals surface area contributed by atoms with E-state index < -0.39 is 0 Å². The van der Waals surface area contributed by atoms with Gasteiger partial charge in [-0.05, 0) is 42.7 Å². The van der Waals surface area contributed by atoms with Crippen LogP contribution in [0.2, 0.25) is 4.34 Å². The molecule has 4 rings (SSSR count). The summed E-state index contributed by atoms with van der Waals surface area (Å²) in [5.41, 5.74) is 3.28. The van der Waals surface area contributed by atoms with Gasteiger partial charge in [0.15, 0.2) is 0 Å². The van der Waals surface area contributed by atoms with Crippen molar-refractivity contribution in [3.63, 3.8) is 0 Å². The molecule has 0 radical (unpaired) electrons. The van der Waals surface area contributed by atoms with Gasteiger partial charge in [0.05, 0.1) is 16.4 Å². The van der Waals surface area contributed by atoms with Crippen molar-refractivity contribution in [2.45, 2.75) is 32.0 Å². The Morgan fingerprint density at radius 3 is 2.60 bits per heavy atom. The van der Waals surface area contributed by atoms with Crippen molar-refractivity contribution >= 4 is 39.7 Å². The first-order valence-corrected chi connectivity index (χ1v) is 11.2. The van der Waals surface area contributed by atoms with Crippen molar-refractivity contribution in [2.75, 3.05) is 0 Å². The highest BCUT2D eigenvalue weighted by atomic mass is 35.5. The topological polar surface area (TPSA) is 56.9 Å². The number of carbonyl (C=O) groups excluding carboxylic acids is 1. The van der Waals surface area contributed by atoms with Crippen LogP contribution in [0.1, 0.15) is 29.0 Å². The van der Waals surface area contributed by atoms with Crippen molar-refractivity contribution in [1.82, 2.24) is 15.6 Å². The molecule has 3 N–H and O–H groups in total. The van der Waals surface area contributed by atoms with Crippen LogP contribution in [0, 0.1) is 0 Å². The Balaban J connectivity index is 1.52.